The van der Waals surface area contributed by atoms with Gasteiger partial charge < -0.3 is 4.74 Å². The van der Waals surface area contributed by atoms with Crippen LogP contribution in [0.1, 0.15) is 5.56 Å². The van der Waals surface area contributed by atoms with Crippen molar-refractivity contribution in [3.8, 4) is 28.4 Å². The van der Waals surface area contributed by atoms with Gasteiger partial charge in [-0.15, -0.1) is 10.2 Å². The third kappa shape index (κ3) is 4.06. The second-order valence-corrected chi connectivity index (χ2v) is 9.24. The summed E-state index contributed by atoms with van der Waals surface area (Å²) in [4.78, 5) is 4.20. The third-order valence-corrected chi connectivity index (χ3v) is 6.69. The van der Waals surface area contributed by atoms with Crippen molar-refractivity contribution in [2.45, 2.75) is 11.8 Å². The maximum absolute atomic E-state index is 12.8. The molecule has 0 spiro atoms. The molecule has 0 atom stereocenters. The summed E-state index contributed by atoms with van der Waals surface area (Å²) in [6, 6.07) is 19.1. The molecule has 0 aliphatic carbocycles. The molecule has 170 valence electrons. The molecule has 0 radical (unpaired) electrons. The van der Waals surface area contributed by atoms with E-state index in [1.54, 1.807) is 55.2 Å². The van der Waals surface area contributed by atoms with Gasteiger partial charge in [0.2, 0.25) is 0 Å². The molecule has 0 saturated heterocycles. The number of methoxy groups -OCH3 is 1. The number of nitrogens with one attached hydrogen (secondary N) is 1. The first-order valence-corrected chi connectivity index (χ1v) is 11.8. The second kappa shape index (κ2) is 8.56. The van der Waals surface area contributed by atoms with Gasteiger partial charge in [-0.05, 0) is 67.1 Å². The van der Waals surface area contributed by atoms with Crippen LogP contribution in [-0.4, -0.2) is 40.3 Å². The lowest BCUT2D eigenvalue weighted by Crippen LogP contribution is -2.13. The van der Waals surface area contributed by atoms with Crippen molar-refractivity contribution in [1.29, 1.82) is 0 Å². The average molecular weight is 473 g/mol. The molecular formula is C24H20N6O3S. The van der Waals surface area contributed by atoms with Crippen LogP contribution in [0.4, 0.5) is 5.69 Å². The monoisotopic (exact) mass is 472 g/mol. The molecule has 5 rings (SSSR count). The number of aryl methyl sites for hydroxylation is 1. The number of rotatable bonds is 6. The Kier molecular flexibility index (Phi) is 5.42. The smallest absolute Gasteiger partial charge is 0.261 e. The highest BCUT2D eigenvalue weighted by molar-refractivity contribution is 7.92. The Hall–Kier alpha value is -4.31. The normalized spacial score (nSPS) is 11.5. The number of fused-ring (bicyclic) bond motifs is 1. The number of pyridine rings is 1. The van der Waals surface area contributed by atoms with E-state index >= 15 is 0 Å². The number of sulfonamides is 1. The van der Waals surface area contributed by atoms with E-state index in [4.69, 9.17) is 4.74 Å². The van der Waals surface area contributed by atoms with E-state index in [0.717, 1.165) is 16.7 Å². The standard InChI is InChI=1S/C24H20N6O3S/c1-16-15-20(7-9-22(16)33-2)34(31,32)29-19-5-3-17(4-6-19)21-8-10-23-26-27-24(30(23)28-21)18-11-13-25-14-12-18/h3-15,29H,1-2H3. The Morgan fingerprint density at radius 1 is 0.882 bits per heavy atom. The van der Waals surface area contributed by atoms with Crippen LogP contribution in [0.2, 0.25) is 0 Å². The number of aromatic nitrogens is 5. The zero-order valence-corrected chi connectivity index (χ0v) is 19.2. The van der Waals surface area contributed by atoms with Crippen molar-refractivity contribution < 1.29 is 13.2 Å². The topological polar surface area (TPSA) is 111 Å². The fourth-order valence-corrected chi connectivity index (χ4v) is 4.71. The number of anilines is 1. The van der Waals surface area contributed by atoms with Crippen LogP contribution in [0.25, 0.3) is 28.3 Å². The maximum Gasteiger partial charge on any atom is 0.261 e. The number of hydrogen-bond acceptors (Lipinski definition) is 7. The summed E-state index contributed by atoms with van der Waals surface area (Å²) < 4.78 is 35.1. The van der Waals surface area contributed by atoms with Gasteiger partial charge in [-0.1, -0.05) is 12.1 Å². The molecular weight excluding hydrogens is 452 g/mol. The predicted molar refractivity (Wildman–Crippen MR) is 128 cm³/mol. The molecule has 0 saturated carbocycles. The number of hydrogen-bond donors (Lipinski definition) is 1. The predicted octanol–water partition coefficient (Wildman–Crippen LogP) is 3.97. The second-order valence-electron chi connectivity index (χ2n) is 7.56. The average Bonchev–Trinajstić information content (AvgIpc) is 3.28. The largest absolute Gasteiger partial charge is 0.496 e. The van der Waals surface area contributed by atoms with E-state index in [-0.39, 0.29) is 4.90 Å². The highest BCUT2D eigenvalue weighted by Crippen LogP contribution is 2.25. The summed E-state index contributed by atoms with van der Waals surface area (Å²) in [5.41, 5.74) is 4.17. The Labute approximate surface area is 196 Å². The first kappa shape index (κ1) is 21.5. The minimum Gasteiger partial charge on any atom is -0.496 e. The van der Waals surface area contributed by atoms with Crippen molar-refractivity contribution in [3.05, 3.63) is 84.7 Å². The van der Waals surface area contributed by atoms with Gasteiger partial charge in [0, 0.05) is 29.2 Å². The molecule has 34 heavy (non-hydrogen) atoms. The lowest BCUT2D eigenvalue weighted by Gasteiger charge is -2.11. The van der Waals surface area contributed by atoms with Gasteiger partial charge >= 0.3 is 0 Å². The number of ether oxygens (including phenoxy) is 1. The summed E-state index contributed by atoms with van der Waals surface area (Å²) in [5, 5.41) is 13.1. The summed E-state index contributed by atoms with van der Waals surface area (Å²) >= 11 is 0. The molecule has 3 heterocycles. The van der Waals surface area contributed by atoms with Crippen LogP contribution in [0.5, 0.6) is 5.75 Å². The minimum atomic E-state index is -3.74. The van der Waals surface area contributed by atoms with Gasteiger partial charge in [0.25, 0.3) is 10.0 Å². The number of nitrogens with zero attached hydrogens (tertiary/aromatic N) is 5. The van der Waals surface area contributed by atoms with E-state index in [1.807, 2.05) is 36.4 Å². The first-order chi connectivity index (χ1) is 16.4. The highest BCUT2D eigenvalue weighted by Gasteiger charge is 2.16. The Morgan fingerprint density at radius 3 is 2.35 bits per heavy atom. The zero-order valence-electron chi connectivity index (χ0n) is 18.4. The van der Waals surface area contributed by atoms with Crippen LogP contribution in [-0.2, 0) is 10.0 Å². The molecule has 5 aromatic rings. The van der Waals surface area contributed by atoms with Crippen LogP contribution < -0.4 is 9.46 Å². The van der Waals surface area contributed by atoms with E-state index in [2.05, 4.69) is 25.0 Å². The molecule has 3 aromatic heterocycles. The van der Waals surface area contributed by atoms with Crippen molar-refractivity contribution >= 4 is 21.4 Å². The van der Waals surface area contributed by atoms with Crippen molar-refractivity contribution in [1.82, 2.24) is 24.8 Å². The Balaban J connectivity index is 1.41. The van der Waals surface area contributed by atoms with Crippen LogP contribution in [0, 0.1) is 6.92 Å². The molecule has 9 nitrogen and oxygen atoms in total. The van der Waals surface area contributed by atoms with Gasteiger partial charge in [0.05, 0.1) is 17.7 Å². The molecule has 10 heteroatoms. The van der Waals surface area contributed by atoms with Gasteiger partial charge in [0.1, 0.15) is 5.75 Å². The van der Waals surface area contributed by atoms with E-state index < -0.39 is 10.0 Å². The summed E-state index contributed by atoms with van der Waals surface area (Å²) in [5.74, 6) is 1.24. The van der Waals surface area contributed by atoms with Crippen LogP contribution in [0.15, 0.2) is 84.0 Å². The lowest BCUT2D eigenvalue weighted by molar-refractivity contribution is 0.411. The van der Waals surface area contributed by atoms with Crippen molar-refractivity contribution in [2.24, 2.45) is 0 Å². The fourth-order valence-electron chi connectivity index (χ4n) is 3.57. The molecule has 0 fully saturated rings. The minimum absolute atomic E-state index is 0.165. The van der Waals surface area contributed by atoms with E-state index in [9.17, 15) is 8.42 Å². The van der Waals surface area contributed by atoms with Gasteiger partial charge in [-0.2, -0.15) is 9.61 Å². The molecule has 0 amide bonds. The molecule has 0 bridgehead atoms. The third-order valence-electron chi connectivity index (χ3n) is 5.31. The highest BCUT2D eigenvalue weighted by atomic mass is 32.2. The molecule has 2 aromatic carbocycles. The Morgan fingerprint density at radius 2 is 1.65 bits per heavy atom. The Bertz CT molecular complexity index is 1580. The van der Waals surface area contributed by atoms with Crippen LogP contribution in [0.3, 0.4) is 0 Å². The summed E-state index contributed by atoms with van der Waals surface area (Å²) in [6.45, 7) is 1.80. The molecule has 0 aliphatic rings. The molecule has 0 aliphatic heterocycles. The molecule has 1 N–H and O–H groups in total. The van der Waals surface area contributed by atoms with Crippen molar-refractivity contribution in [2.75, 3.05) is 11.8 Å². The zero-order chi connectivity index (χ0) is 23.7. The van der Waals surface area contributed by atoms with E-state index in [0.29, 0.717) is 28.6 Å². The first-order valence-electron chi connectivity index (χ1n) is 10.4. The summed E-state index contributed by atoms with van der Waals surface area (Å²) in [7, 11) is -2.19. The number of benzene rings is 2. The maximum atomic E-state index is 12.8. The quantitative estimate of drug-likeness (QED) is 0.398. The van der Waals surface area contributed by atoms with Crippen molar-refractivity contribution in [3.63, 3.8) is 0 Å². The fraction of sp³-hybridized carbons (Fsp3) is 0.0833. The van der Waals surface area contributed by atoms with Gasteiger partial charge in [-0.3, -0.25) is 9.71 Å². The van der Waals surface area contributed by atoms with Gasteiger partial charge in [-0.25, -0.2) is 8.42 Å². The summed E-state index contributed by atoms with van der Waals surface area (Å²) in [6.07, 6.45) is 3.38. The van der Waals surface area contributed by atoms with Gasteiger partial charge in [0.15, 0.2) is 11.5 Å². The van der Waals surface area contributed by atoms with Crippen LogP contribution >= 0.6 is 0 Å². The molecule has 0 unspecified atom stereocenters. The van der Waals surface area contributed by atoms with E-state index in [1.165, 1.54) is 6.07 Å². The SMILES string of the molecule is COc1ccc(S(=O)(=O)Nc2ccc(-c3ccc4nnc(-c5ccncc5)n4n3)cc2)cc1C. The lowest BCUT2D eigenvalue weighted by atomic mass is 10.1.